The highest BCUT2D eigenvalue weighted by Gasteiger charge is 2.29. The zero-order valence-electron chi connectivity index (χ0n) is 8.63. The molecule has 1 fully saturated rings. The van der Waals surface area contributed by atoms with Gasteiger partial charge in [0.25, 0.3) is 0 Å². The van der Waals surface area contributed by atoms with Crippen molar-refractivity contribution >= 4 is 0 Å². The minimum atomic E-state index is 0.724. The molecule has 76 valence electrons. The normalized spacial score (nSPS) is 20.9. The highest BCUT2D eigenvalue weighted by atomic mass is 15.0. The third-order valence-electron chi connectivity index (χ3n) is 3.59. The van der Waals surface area contributed by atoms with Gasteiger partial charge in [0.15, 0.2) is 0 Å². The van der Waals surface area contributed by atoms with Gasteiger partial charge in [0.05, 0.1) is 0 Å². The fourth-order valence-corrected chi connectivity index (χ4v) is 2.68. The summed E-state index contributed by atoms with van der Waals surface area (Å²) in [5.41, 5.74) is 10.3. The summed E-state index contributed by atoms with van der Waals surface area (Å²) in [6, 6.07) is 2.37. The van der Waals surface area contributed by atoms with E-state index < -0.39 is 0 Å². The first-order valence-corrected chi connectivity index (χ1v) is 5.81. The zero-order valence-corrected chi connectivity index (χ0v) is 8.63. The lowest BCUT2D eigenvalue weighted by Crippen LogP contribution is -2.13. The molecule has 3 rings (SSSR count). The molecule has 2 N–H and O–H groups in total. The molecule has 14 heavy (non-hydrogen) atoms. The van der Waals surface area contributed by atoms with Gasteiger partial charge >= 0.3 is 0 Å². The van der Waals surface area contributed by atoms with Crippen LogP contribution in [-0.4, -0.2) is 4.57 Å². The quantitative estimate of drug-likeness (QED) is 0.761. The smallest absolute Gasteiger partial charge is 0.0225 e. The maximum absolute atomic E-state index is 5.79. The molecule has 2 heteroatoms. The summed E-state index contributed by atoms with van der Waals surface area (Å²) in [4.78, 5) is 0. The van der Waals surface area contributed by atoms with Crippen molar-refractivity contribution in [1.82, 2.24) is 4.57 Å². The molecule has 0 radical (unpaired) electrons. The van der Waals surface area contributed by atoms with Crippen LogP contribution in [0.1, 0.15) is 48.6 Å². The lowest BCUT2D eigenvalue weighted by molar-refractivity contribution is 0.515. The highest BCUT2D eigenvalue weighted by molar-refractivity contribution is 5.33. The van der Waals surface area contributed by atoms with Crippen molar-refractivity contribution in [3.8, 4) is 0 Å². The van der Waals surface area contributed by atoms with E-state index in [9.17, 15) is 0 Å². The molecule has 1 saturated carbocycles. The Labute approximate surface area is 85.1 Å². The largest absolute Gasteiger partial charge is 0.348 e. The second-order valence-electron chi connectivity index (χ2n) is 4.63. The van der Waals surface area contributed by atoms with Gasteiger partial charge in [-0.15, -0.1) is 0 Å². The molecule has 0 amide bonds. The maximum atomic E-state index is 5.79. The molecule has 1 aliphatic heterocycles. The number of hydrogen-bond acceptors (Lipinski definition) is 1. The molecule has 1 aromatic rings. The second kappa shape index (κ2) is 3.13. The van der Waals surface area contributed by atoms with Gasteiger partial charge in [-0.25, -0.2) is 0 Å². The van der Waals surface area contributed by atoms with E-state index in [1.807, 2.05) is 0 Å². The average Bonchev–Trinajstić information content (AvgIpc) is 3.00. The van der Waals surface area contributed by atoms with Crippen molar-refractivity contribution in [2.45, 2.75) is 51.1 Å². The number of rotatable bonds is 2. The fraction of sp³-hybridized carbons (Fsp3) is 0.667. The van der Waals surface area contributed by atoms with Crippen molar-refractivity contribution in [3.05, 3.63) is 23.0 Å². The Balaban J connectivity index is 2.07. The minimum Gasteiger partial charge on any atom is -0.348 e. The number of nitrogens with two attached hydrogens (primary N) is 1. The van der Waals surface area contributed by atoms with Crippen molar-refractivity contribution in [2.75, 3.05) is 0 Å². The number of hydrogen-bond donors (Lipinski definition) is 1. The van der Waals surface area contributed by atoms with Gasteiger partial charge in [-0.2, -0.15) is 0 Å². The van der Waals surface area contributed by atoms with Crippen molar-refractivity contribution in [3.63, 3.8) is 0 Å². The third-order valence-corrected chi connectivity index (χ3v) is 3.59. The monoisotopic (exact) mass is 190 g/mol. The predicted octanol–water partition coefficient (Wildman–Crippen LogP) is 2.16. The Kier molecular flexibility index (Phi) is 1.91. The number of aromatic nitrogens is 1. The molecule has 0 atom stereocenters. The second-order valence-corrected chi connectivity index (χ2v) is 4.63. The van der Waals surface area contributed by atoms with Crippen LogP contribution in [-0.2, 0) is 19.5 Å². The Morgan fingerprint density at radius 3 is 2.93 bits per heavy atom. The van der Waals surface area contributed by atoms with Gasteiger partial charge in [-0.3, -0.25) is 0 Å². The summed E-state index contributed by atoms with van der Waals surface area (Å²) in [6.45, 7) is 1.96. The van der Waals surface area contributed by atoms with Gasteiger partial charge in [-0.1, -0.05) is 0 Å². The third kappa shape index (κ3) is 1.21. The van der Waals surface area contributed by atoms with Crippen LogP contribution in [0.2, 0.25) is 0 Å². The number of fused-ring (bicyclic) bond motifs is 1. The summed E-state index contributed by atoms with van der Waals surface area (Å²) in [6.07, 6.45) is 6.74. The van der Waals surface area contributed by atoms with E-state index in [1.54, 1.807) is 11.4 Å². The molecule has 0 spiro atoms. The van der Waals surface area contributed by atoms with Gasteiger partial charge in [-0.05, 0) is 49.7 Å². The van der Waals surface area contributed by atoms with Gasteiger partial charge in [0.2, 0.25) is 0 Å². The Bertz CT molecular complexity index is 347. The van der Waals surface area contributed by atoms with Crippen molar-refractivity contribution < 1.29 is 0 Å². The molecule has 0 bridgehead atoms. The minimum absolute atomic E-state index is 0.724. The maximum Gasteiger partial charge on any atom is 0.0225 e. The summed E-state index contributed by atoms with van der Waals surface area (Å²) < 4.78 is 2.56. The van der Waals surface area contributed by atoms with E-state index in [1.165, 1.54) is 44.2 Å². The van der Waals surface area contributed by atoms with Crippen molar-refractivity contribution in [1.29, 1.82) is 0 Å². The lowest BCUT2D eigenvalue weighted by Gasteiger charge is -2.18. The van der Waals surface area contributed by atoms with Gasteiger partial charge in [0.1, 0.15) is 0 Å². The summed E-state index contributed by atoms with van der Waals surface area (Å²) in [5, 5.41) is 0. The van der Waals surface area contributed by atoms with Crippen LogP contribution in [0.4, 0.5) is 0 Å². The molecule has 2 aliphatic rings. The average molecular weight is 190 g/mol. The Morgan fingerprint density at radius 1 is 1.36 bits per heavy atom. The lowest BCUT2D eigenvalue weighted by atomic mass is 10.1. The van der Waals surface area contributed by atoms with E-state index in [0.717, 1.165) is 12.5 Å². The molecular formula is C12H18N2. The zero-order chi connectivity index (χ0) is 9.54. The predicted molar refractivity (Wildman–Crippen MR) is 57.2 cm³/mol. The molecule has 1 aliphatic carbocycles. The van der Waals surface area contributed by atoms with Crippen molar-refractivity contribution in [2.24, 2.45) is 5.73 Å². The SMILES string of the molecule is NCc1cc(C2CC2)n2c1CCCC2. The van der Waals surface area contributed by atoms with E-state index in [2.05, 4.69) is 10.6 Å². The van der Waals surface area contributed by atoms with Crippen LogP contribution >= 0.6 is 0 Å². The van der Waals surface area contributed by atoms with Crippen LogP contribution in [0.15, 0.2) is 6.07 Å². The van der Waals surface area contributed by atoms with Gasteiger partial charge < -0.3 is 10.3 Å². The summed E-state index contributed by atoms with van der Waals surface area (Å²) in [7, 11) is 0. The van der Waals surface area contributed by atoms with Crippen LogP contribution < -0.4 is 5.73 Å². The Morgan fingerprint density at radius 2 is 2.21 bits per heavy atom. The summed E-state index contributed by atoms with van der Waals surface area (Å²) in [5.74, 6) is 0.868. The fourth-order valence-electron chi connectivity index (χ4n) is 2.68. The standard InChI is InChI=1S/C12H18N2/c13-8-10-7-12(9-4-5-9)14-6-2-1-3-11(10)14/h7,9H,1-6,8,13H2. The first-order valence-electron chi connectivity index (χ1n) is 5.81. The molecule has 0 aromatic carbocycles. The Hall–Kier alpha value is -0.760. The number of nitrogens with zero attached hydrogens (tertiary/aromatic N) is 1. The van der Waals surface area contributed by atoms with Crippen LogP contribution in [0.25, 0.3) is 0 Å². The topological polar surface area (TPSA) is 30.9 Å². The van der Waals surface area contributed by atoms with E-state index in [4.69, 9.17) is 5.73 Å². The van der Waals surface area contributed by atoms with E-state index in [0.29, 0.717) is 0 Å². The van der Waals surface area contributed by atoms with Crippen LogP contribution in [0, 0.1) is 0 Å². The van der Waals surface area contributed by atoms with E-state index >= 15 is 0 Å². The molecule has 0 unspecified atom stereocenters. The van der Waals surface area contributed by atoms with Crippen LogP contribution in [0.3, 0.4) is 0 Å². The van der Waals surface area contributed by atoms with Crippen LogP contribution in [0.5, 0.6) is 0 Å². The first kappa shape index (κ1) is 8.54. The summed E-state index contributed by atoms with van der Waals surface area (Å²) >= 11 is 0. The highest BCUT2D eigenvalue weighted by Crippen LogP contribution is 2.42. The van der Waals surface area contributed by atoms with E-state index in [-0.39, 0.29) is 0 Å². The first-order chi connectivity index (χ1) is 6.90. The molecular weight excluding hydrogens is 172 g/mol. The van der Waals surface area contributed by atoms with Gasteiger partial charge in [0, 0.05) is 24.5 Å². The molecule has 0 saturated heterocycles. The molecule has 2 heterocycles. The molecule has 2 nitrogen and oxygen atoms in total. The molecule has 1 aromatic heterocycles.